The van der Waals surface area contributed by atoms with Crippen LogP contribution in [0.15, 0.2) is 49.2 Å². The van der Waals surface area contributed by atoms with E-state index in [0.29, 0.717) is 59.7 Å². The maximum Gasteiger partial charge on any atom is 0.573 e. The first-order valence-corrected chi connectivity index (χ1v) is 11.8. The lowest BCUT2D eigenvalue weighted by molar-refractivity contribution is -0.274. The first kappa shape index (κ1) is 26.9. The smallest absolute Gasteiger partial charge is 0.493 e. The standard InChI is InChI=1S/C26H22ClF3N4O4/c1-4-24(35)34-9-7-16(8-10-34)37-23-12-17-19(13-22(23)36-3)32-14-20(31-2)25(17)33-15-5-6-21(18(27)11-15)38-26(28,29)30/h4-6,11-14,16H,1,7-10H2,3H3,(H,32,33). The van der Waals surface area contributed by atoms with Crippen LogP contribution < -0.4 is 19.5 Å². The van der Waals surface area contributed by atoms with Gasteiger partial charge in [0.25, 0.3) is 0 Å². The zero-order valence-corrected chi connectivity index (χ0v) is 20.9. The summed E-state index contributed by atoms with van der Waals surface area (Å²) in [6.07, 6.45) is -1.18. The minimum Gasteiger partial charge on any atom is -0.493 e. The Kier molecular flexibility index (Phi) is 7.83. The Balaban J connectivity index is 1.66. The van der Waals surface area contributed by atoms with E-state index in [9.17, 15) is 18.0 Å². The Hall–Kier alpha value is -4.17. The van der Waals surface area contributed by atoms with Gasteiger partial charge in [-0.15, -0.1) is 13.2 Å². The summed E-state index contributed by atoms with van der Waals surface area (Å²) < 4.78 is 53.5. The second-order valence-electron chi connectivity index (χ2n) is 8.32. The number of methoxy groups -OCH3 is 1. The van der Waals surface area contributed by atoms with E-state index < -0.39 is 12.1 Å². The summed E-state index contributed by atoms with van der Waals surface area (Å²) in [5.74, 6) is 0.189. The van der Waals surface area contributed by atoms with E-state index >= 15 is 0 Å². The van der Waals surface area contributed by atoms with Crippen molar-refractivity contribution in [3.05, 3.63) is 65.6 Å². The molecule has 4 rings (SSSR count). The molecule has 12 heteroatoms. The predicted molar refractivity (Wildman–Crippen MR) is 136 cm³/mol. The van der Waals surface area contributed by atoms with E-state index in [4.69, 9.17) is 27.6 Å². The van der Waals surface area contributed by atoms with E-state index in [-0.39, 0.29) is 22.7 Å². The van der Waals surface area contributed by atoms with Crippen molar-refractivity contribution in [1.82, 2.24) is 9.88 Å². The van der Waals surface area contributed by atoms with Gasteiger partial charge in [-0.1, -0.05) is 18.2 Å². The molecular weight excluding hydrogens is 525 g/mol. The lowest BCUT2D eigenvalue weighted by Crippen LogP contribution is -2.41. The molecule has 38 heavy (non-hydrogen) atoms. The highest BCUT2D eigenvalue weighted by atomic mass is 35.5. The molecule has 1 N–H and O–H groups in total. The monoisotopic (exact) mass is 546 g/mol. The number of fused-ring (bicyclic) bond motifs is 1. The Morgan fingerprint density at radius 3 is 2.58 bits per heavy atom. The second-order valence-corrected chi connectivity index (χ2v) is 8.72. The van der Waals surface area contributed by atoms with Crippen molar-refractivity contribution in [2.75, 3.05) is 25.5 Å². The van der Waals surface area contributed by atoms with Gasteiger partial charge in [0.2, 0.25) is 11.6 Å². The van der Waals surface area contributed by atoms with Crippen LogP contribution in [-0.4, -0.2) is 48.5 Å². The molecule has 1 aliphatic rings. The van der Waals surface area contributed by atoms with Gasteiger partial charge in [0.15, 0.2) is 11.5 Å². The second kappa shape index (κ2) is 11.1. The van der Waals surface area contributed by atoms with Crippen molar-refractivity contribution in [3.63, 3.8) is 0 Å². The fourth-order valence-electron chi connectivity index (χ4n) is 4.09. The molecule has 198 valence electrons. The molecule has 0 saturated carbocycles. The number of carbonyl (C=O) groups is 1. The van der Waals surface area contributed by atoms with E-state index in [0.717, 1.165) is 6.07 Å². The number of hydrogen-bond donors (Lipinski definition) is 1. The third-order valence-corrected chi connectivity index (χ3v) is 6.20. The highest BCUT2D eigenvalue weighted by Gasteiger charge is 2.32. The zero-order valence-electron chi connectivity index (χ0n) is 20.1. The summed E-state index contributed by atoms with van der Waals surface area (Å²) in [6, 6.07) is 7.07. The van der Waals surface area contributed by atoms with Crippen molar-refractivity contribution >= 4 is 45.5 Å². The van der Waals surface area contributed by atoms with Gasteiger partial charge in [-0.3, -0.25) is 9.78 Å². The summed E-state index contributed by atoms with van der Waals surface area (Å²) in [6.45, 7) is 12.2. The number of amides is 1. The number of ether oxygens (including phenoxy) is 3. The SMILES string of the molecule is [C-]#[N+]c1cnc2cc(OC)c(OC3CCN(C(=O)C=C)CC3)cc2c1Nc1ccc(OC(F)(F)F)c(Cl)c1. The highest BCUT2D eigenvalue weighted by Crippen LogP contribution is 2.42. The largest absolute Gasteiger partial charge is 0.573 e. The number of rotatable bonds is 7. The van der Waals surface area contributed by atoms with Gasteiger partial charge < -0.3 is 24.4 Å². The fourth-order valence-corrected chi connectivity index (χ4v) is 4.31. The maximum absolute atomic E-state index is 12.6. The minimum atomic E-state index is -4.88. The normalized spacial score (nSPS) is 14.1. The van der Waals surface area contributed by atoms with Crippen molar-refractivity contribution in [2.24, 2.45) is 0 Å². The highest BCUT2D eigenvalue weighted by molar-refractivity contribution is 6.32. The molecule has 0 unspecified atom stereocenters. The first-order valence-electron chi connectivity index (χ1n) is 11.4. The van der Waals surface area contributed by atoms with Crippen LogP contribution in [0.4, 0.5) is 30.2 Å². The van der Waals surface area contributed by atoms with Gasteiger partial charge in [-0.05, 0) is 30.3 Å². The van der Waals surface area contributed by atoms with Crippen LogP contribution in [0.1, 0.15) is 12.8 Å². The topological polar surface area (TPSA) is 77.3 Å². The van der Waals surface area contributed by atoms with E-state index in [2.05, 4.69) is 26.5 Å². The number of nitrogens with one attached hydrogen (secondary N) is 1. The van der Waals surface area contributed by atoms with Crippen LogP contribution in [0.25, 0.3) is 15.7 Å². The number of benzene rings is 2. The van der Waals surface area contributed by atoms with Crippen molar-refractivity contribution in [2.45, 2.75) is 25.3 Å². The van der Waals surface area contributed by atoms with Gasteiger partial charge >= 0.3 is 6.36 Å². The lowest BCUT2D eigenvalue weighted by Gasteiger charge is -2.31. The summed E-state index contributed by atoms with van der Waals surface area (Å²) >= 11 is 6.00. The molecule has 2 heterocycles. The van der Waals surface area contributed by atoms with E-state index in [1.165, 1.54) is 31.5 Å². The molecule has 0 atom stereocenters. The van der Waals surface area contributed by atoms with Gasteiger partial charge in [-0.25, -0.2) is 4.85 Å². The summed E-state index contributed by atoms with van der Waals surface area (Å²) in [5.41, 5.74) is 1.37. The number of likely N-dealkylation sites (tertiary alicyclic amines) is 1. The number of anilines is 2. The average molecular weight is 547 g/mol. The molecule has 1 amide bonds. The molecule has 1 saturated heterocycles. The Morgan fingerprint density at radius 1 is 1.24 bits per heavy atom. The van der Waals surface area contributed by atoms with Crippen LogP contribution >= 0.6 is 11.6 Å². The molecule has 0 radical (unpaired) electrons. The zero-order chi connectivity index (χ0) is 27.4. The third-order valence-electron chi connectivity index (χ3n) is 5.90. The molecule has 2 aromatic carbocycles. The average Bonchev–Trinajstić information content (AvgIpc) is 2.89. The lowest BCUT2D eigenvalue weighted by atomic mass is 10.1. The molecule has 8 nitrogen and oxygen atoms in total. The number of carbonyl (C=O) groups excluding carboxylic acids is 1. The van der Waals surface area contributed by atoms with Gasteiger partial charge in [-0.2, -0.15) is 0 Å². The fraction of sp³-hybridized carbons (Fsp3) is 0.269. The molecule has 0 bridgehead atoms. The van der Waals surface area contributed by atoms with Crippen LogP contribution in [0, 0.1) is 6.57 Å². The third kappa shape index (κ3) is 6.03. The number of pyridine rings is 1. The number of hydrogen-bond acceptors (Lipinski definition) is 6. The maximum atomic E-state index is 12.6. The van der Waals surface area contributed by atoms with E-state index in [1.54, 1.807) is 17.0 Å². The van der Waals surface area contributed by atoms with Crippen LogP contribution in [0.5, 0.6) is 17.2 Å². The molecule has 1 aromatic heterocycles. The Morgan fingerprint density at radius 2 is 1.97 bits per heavy atom. The minimum absolute atomic E-state index is 0.127. The van der Waals surface area contributed by atoms with Crippen molar-refractivity contribution in [3.8, 4) is 17.2 Å². The first-order chi connectivity index (χ1) is 18.1. The van der Waals surface area contributed by atoms with Crippen LogP contribution in [0.2, 0.25) is 5.02 Å². The molecular formula is C26H22ClF3N4O4. The van der Waals surface area contributed by atoms with Gasteiger partial charge in [0.05, 0.1) is 29.9 Å². The molecule has 0 spiro atoms. The van der Waals surface area contributed by atoms with Crippen LogP contribution in [-0.2, 0) is 4.79 Å². The number of nitrogens with zero attached hydrogens (tertiary/aromatic N) is 3. The van der Waals surface area contributed by atoms with Crippen molar-refractivity contribution in [1.29, 1.82) is 0 Å². The molecule has 0 aliphatic carbocycles. The van der Waals surface area contributed by atoms with E-state index in [1.807, 2.05) is 0 Å². The summed E-state index contributed by atoms with van der Waals surface area (Å²) in [7, 11) is 1.50. The number of piperidine rings is 1. The Labute approximate surface area is 221 Å². The number of alkyl halides is 3. The summed E-state index contributed by atoms with van der Waals surface area (Å²) in [4.78, 5) is 21.4. The summed E-state index contributed by atoms with van der Waals surface area (Å²) in [5, 5.41) is 3.33. The molecule has 1 fully saturated rings. The number of aromatic nitrogens is 1. The van der Waals surface area contributed by atoms with Crippen LogP contribution in [0.3, 0.4) is 0 Å². The van der Waals surface area contributed by atoms with Crippen molar-refractivity contribution < 1.29 is 32.2 Å². The molecule has 3 aromatic rings. The van der Waals surface area contributed by atoms with Gasteiger partial charge in [0.1, 0.15) is 11.9 Å². The molecule has 1 aliphatic heterocycles. The predicted octanol–water partition coefficient (Wildman–Crippen LogP) is 6.65. The van der Waals surface area contributed by atoms with Gasteiger partial charge in [0, 0.05) is 49.3 Å². The quantitative estimate of drug-likeness (QED) is 0.264. The Bertz CT molecular complexity index is 1420. The number of halogens is 4.